The van der Waals surface area contributed by atoms with E-state index < -0.39 is 23.7 Å². The number of aromatic nitrogens is 1. The Morgan fingerprint density at radius 3 is 2.76 bits per heavy atom. The van der Waals surface area contributed by atoms with E-state index in [1.807, 2.05) is 24.3 Å². The van der Waals surface area contributed by atoms with Crippen LogP contribution in [0.4, 0.5) is 8.78 Å². The van der Waals surface area contributed by atoms with Gasteiger partial charge in [0.25, 0.3) is 0 Å². The van der Waals surface area contributed by atoms with Gasteiger partial charge < -0.3 is 19.9 Å². The topological polar surface area (TPSA) is 80.7 Å². The fraction of sp³-hybridized carbons (Fsp3) is 0.357. The van der Waals surface area contributed by atoms with Crippen molar-refractivity contribution in [1.29, 1.82) is 0 Å². The Kier molecular flexibility index (Phi) is 12.4. The Balaban J connectivity index is 0.00000253. The Bertz CT molecular complexity index is 1240. The molecule has 0 bridgehead atoms. The number of benzene rings is 2. The van der Waals surface area contributed by atoms with Crippen LogP contribution < -0.4 is 10.1 Å². The minimum atomic E-state index is -0.919. The van der Waals surface area contributed by atoms with E-state index in [0.29, 0.717) is 6.54 Å². The Morgan fingerprint density at radius 2 is 2.00 bits per heavy atom. The van der Waals surface area contributed by atoms with Crippen LogP contribution in [0.3, 0.4) is 0 Å². The molecule has 0 spiro atoms. The molecule has 0 amide bonds. The molecule has 2 N–H and O–H groups in total. The summed E-state index contributed by atoms with van der Waals surface area (Å²) in [6, 6.07) is 11.0. The van der Waals surface area contributed by atoms with E-state index in [2.05, 4.69) is 10.3 Å². The van der Waals surface area contributed by atoms with Crippen LogP contribution in [0.5, 0.6) is 5.75 Å². The number of carbonyl (C=O) groups is 1. The first-order valence-corrected chi connectivity index (χ1v) is 12.1. The molecule has 2 heterocycles. The van der Waals surface area contributed by atoms with E-state index >= 15 is 0 Å². The lowest BCUT2D eigenvalue weighted by Crippen LogP contribution is -2.48. The number of methoxy groups -OCH3 is 1. The normalized spacial score (nSPS) is 19.1. The van der Waals surface area contributed by atoms with Crippen molar-refractivity contribution >= 4 is 47.8 Å². The second-order valence-electron chi connectivity index (χ2n) is 8.95. The minimum Gasteiger partial charge on any atom is -0.497 e. The van der Waals surface area contributed by atoms with Gasteiger partial charge in [-0.2, -0.15) is 0 Å². The van der Waals surface area contributed by atoms with Crippen LogP contribution in [0, 0.1) is 11.6 Å². The summed E-state index contributed by atoms with van der Waals surface area (Å²) in [5.41, 5.74) is 2.21. The van der Waals surface area contributed by atoms with Gasteiger partial charge >= 0.3 is 5.97 Å². The van der Waals surface area contributed by atoms with Crippen LogP contribution in [0.15, 0.2) is 54.7 Å². The van der Waals surface area contributed by atoms with Gasteiger partial charge in [-0.15, -0.1) is 24.8 Å². The second kappa shape index (κ2) is 15.0. The maximum atomic E-state index is 13.8. The number of nitrogens with zero attached hydrogens (tertiary/aromatic N) is 1. The number of nitrogens with one attached hydrogen (secondary N) is 1. The van der Waals surface area contributed by atoms with E-state index in [1.165, 1.54) is 6.08 Å². The van der Waals surface area contributed by atoms with Crippen LogP contribution >= 0.6 is 24.8 Å². The molecule has 1 fully saturated rings. The van der Waals surface area contributed by atoms with Gasteiger partial charge in [0, 0.05) is 29.7 Å². The third-order valence-electron chi connectivity index (χ3n) is 6.52. The predicted molar refractivity (Wildman–Crippen MR) is 148 cm³/mol. The van der Waals surface area contributed by atoms with Crippen LogP contribution in [-0.2, 0) is 16.0 Å². The summed E-state index contributed by atoms with van der Waals surface area (Å²) in [6.07, 6.45) is 7.46. The fourth-order valence-corrected chi connectivity index (χ4v) is 4.66. The molecule has 1 aromatic heterocycles. The first kappa shape index (κ1) is 31.4. The van der Waals surface area contributed by atoms with Gasteiger partial charge in [-0.1, -0.05) is 12.2 Å². The third kappa shape index (κ3) is 8.36. The van der Waals surface area contributed by atoms with E-state index in [4.69, 9.17) is 9.47 Å². The maximum absolute atomic E-state index is 13.8. The van der Waals surface area contributed by atoms with Crippen molar-refractivity contribution in [2.75, 3.05) is 13.7 Å². The number of rotatable bonds is 10. The molecule has 206 valence electrons. The second-order valence-corrected chi connectivity index (χ2v) is 8.95. The first-order valence-electron chi connectivity index (χ1n) is 12.1. The first-order chi connectivity index (χ1) is 17.4. The summed E-state index contributed by atoms with van der Waals surface area (Å²) in [6.45, 7) is 0.385. The smallest absolute Gasteiger partial charge is 0.306 e. The van der Waals surface area contributed by atoms with Gasteiger partial charge in [-0.3, -0.25) is 9.78 Å². The SMILES string of the molecule is COc1ccc2nccc(CC[C@@H]3CC[C@@H](NCC=Cc4cc(F)ccc4F)[C@@H](CC(=O)O)O3)c2c1.Cl.Cl. The van der Waals surface area contributed by atoms with Gasteiger partial charge in [-0.25, -0.2) is 8.78 Å². The number of carboxylic acids is 1. The molecule has 1 saturated heterocycles. The summed E-state index contributed by atoms with van der Waals surface area (Å²) in [5.74, 6) is -1.15. The highest BCUT2D eigenvalue weighted by Gasteiger charge is 2.32. The molecule has 0 unspecified atom stereocenters. The van der Waals surface area contributed by atoms with Crippen molar-refractivity contribution in [2.45, 2.75) is 50.4 Å². The molecule has 0 aliphatic carbocycles. The lowest BCUT2D eigenvalue weighted by Gasteiger charge is -2.36. The number of ether oxygens (including phenoxy) is 2. The molecule has 4 rings (SSSR count). The van der Waals surface area contributed by atoms with Crippen molar-refractivity contribution in [3.63, 3.8) is 0 Å². The van der Waals surface area contributed by atoms with Crippen LogP contribution in [0.2, 0.25) is 0 Å². The molecular formula is C28H32Cl2F2N2O4. The highest BCUT2D eigenvalue weighted by Crippen LogP contribution is 2.28. The lowest BCUT2D eigenvalue weighted by atomic mass is 9.93. The number of fused-ring (bicyclic) bond motifs is 1. The Labute approximate surface area is 233 Å². The standard InChI is InChI=1S/C28H30F2N2O4.2ClH/c1-35-22-8-10-25-23(16-22)18(12-14-32-25)4-6-21-7-11-26(27(36-21)17-28(33)34)31-13-2-3-19-15-20(29)5-9-24(19)30;;/h2-3,5,8-10,12,14-16,21,26-27,31H,4,6-7,11,13,17H2,1H3,(H,33,34);2*1H/t21-,26-,27-;;/m1../s1. The van der Waals surface area contributed by atoms with E-state index in [0.717, 1.165) is 66.1 Å². The van der Waals surface area contributed by atoms with Crippen LogP contribution in [0.25, 0.3) is 17.0 Å². The molecule has 38 heavy (non-hydrogen) atoms. The highest BCUT2D eigenvalue weighted by molar-refractivity contribution is 5.85. The minimum absolute atomic E-state index is 0. The molecule has 1 aliphatic heterocycles. The molecule has 0 saturated carbocycles. The van der Waals surface area contributed by atoms with Crippen LogP contribution in [-0.4, -0.2) is 48.0 Å². The van der Waals surface area contributed by atoms with Crippen molar-refractivity contribution in [3.8, 4) is 5.75 Å². The van der Waals surface area contributed by atoms with Crippen molar-refractivity contribution < 1.29 is 28.2 Å². The molecule has 1 aliphatic rings. The van der Waals surface area contributed by atoms with Crippen LogP contribution in [0.1, 0.15) is 36.8 Å². The molecule has 6 nitrogen and oxygen atoms in total. The molecule has 10 heteroatoms. The Morgan fingerprint density at radius 1 is 1.18 bits per heavy atom. The van der Waals surface area contributed by atoms with Gasteiger partial charge in [0.05, 0.1) is 31.3 Å². The summed E-state index contributed by atoms with van der Waals surface area (Å²) in [7, 11) is 1.63. The van der Waals surface area contributed by atoms with Gasteiger partial charge in [0.2, 0.25) is 0 Å². The van der Waals surface area contributed by atoms with Gasteiger partial charge in [0.15, 0.2) is 0 Å². The summed E-state index contributed by atoms with van der Waals surface area (Å²) in [5, 5.41) is 13.7. The zero-order valence-electron chi connectivity index (χ0n) is 20.9. The number of aryl methyl sites for hydroxylation is 1. The average molecular weight is 569 g/mol. The summed E-state index contributed by atoms with van der Waals surface area (Å²) < 4.78 is 38.7. The van der Waals surface area contributed by atoms with Crippen molar-refractivity contribution in [2.24, 2.45) is 0 Å². The number of hydrogen-bond acceptors (Lipinski definition) is 5. The Hall–Kier alpha value is -2.78. The quantitative estimate of drug-likeness (QED) is 0.312. The predicted octanol–water partition coefficient (Wildman–Crippen LogP) is 5.99. The number of carboxylic acid groups (broad SMARTS) is 1. The number of halogens is 4. The summed E-state index contributed by atoms with van der Waals surface area (Å²) >= 11 is 0. The molecule has 0 radical (unpaired) electrons. The monoisotopic (exact) mass is 568 g/mol. The van der Waals surface area contributed by atoms with E-state index in [1.54, 1.807) is 19.4 Å². The van der Waals surface area contributed by atoms with Crippen molar-refractivity contribution in [3.05, 3.63) is 77.5 Å². The average Bonchev–Trinajstić information content (AvgIpc) is 2.87. The molecule has 3 atom stereocenters. The fourth-order valence-electron chi connectivity index (χ4n) is 4.66. The number of aliphatic carboxylic acids is 1. The zero-order valence-corrected chi connectivity index (χ0v) is 22.6. The molecular weight excluding hydrogens is 537 g/mol. The molecule has 3 aromatic rings. The largest absolute Gasteiger partial charge is 0.497 e. The van der Waals surface area contributed by atoms with Gasteiger partial charge in [-0.05, 0) is 73.7 Å². The third-order valence-corrected chi connectivity index (χ3v) is 6.52. The number of hydrogen-bond donors (Lipinski definition) is 2. The maximum Gasteiger partial charge on any atom is 0.306 e. The number of pyridine rings is 1. The zero-order chi connectivity index (χ0) is 25.5. The highest BCUT2D eigenvalue weighted by atomic mass is 35.5. The molecule has 2 aromatic carbocycles. The summed E-state index contributed by atoms with van der Waals surface area (Å²) in [4.78, 5) is 15.9. The van der Waals surface area contributed by atoms with Gasteiger partial charge in [0.1, 0.15) is 17.4 Å². The van der Waals surface area contributed by atoms with E-state index in [9.17, 15) is 18.7 Å². The van der Waals surface area contributed by atoms with E-state index in [-0.39, 0.29) is 48.9 Å². The van der Waals surface area contributed by atoms with Crippen molar-refractivity contribution in [1.82, 2.24) is 10.3 Å². The lowest BCUT2D eigenvalue weighted by molar-refractivity contribution is -0.145.